The number of benzene rings is 1. The predicted octanol–water partition coefficient (Wildman–Crippen LogP) is 2.45. The van der Waals surface area contributed by atoms with Crippen molar-refractivity contribution in [2.24, 2.45) is 0 Å². The van der Waals surface area contributed by atoms with Gasteiger partial charge in [-0.1, -0.05) is 0 Å². The first-order chi connectivity index (χ1) is 8.69. The van der Waals surface area contributed by atoms with Crippen molar-refractivity contribution >= 4 is 17.2 Å². The first-order valence-corrected chi connectivity index (χ1v) is 6.40. The number of nitrogens with one attached hydrogen (secondary N) is 1. The summed E-state index contributed by atoms with van der Waals surface area (Å²) in [7, 11) is 1.64. The first-order valence-electron chi connectivity index (χ1n) is 5.52. The fourth-order valence-corrected chi connectivity index (χ4v) is 2.23. The van der Waals surface area contributed by atoms with E-state index < -0.39 is 0 Å². The van der Waals surface area contributed by atoms with Gasteiger partial charge in [-0.15, -0.1) is 11.3 Å². The van der Waals surface area contributed by atoms with Gasteiger partial charge < -0.3 is 10.1 Å². The lowest BCUT2D eigenvalue weighted by Crippen LogP contribution is -2.18. The van der Waals surface area contributed by atoms with Gasteiger partial charge >= 0.3 is 0 Å². The molecule has 18 heavy (non-hydrogen) atoms. The Bertz CT molecular complexity index is 534. The van der Waals surface area contributed by atoms with Crippen molar-refractivity contribution in [3.63, 3.8) is 0 Å². The third-order valence-corrected chi connectivity index (χ3v) is 3.27. The summed E-state index contributed by atoms with van der Waals surface area (Å²) < 4.78 is 5.11. The number of nitrogens with zero attached hydrogens (tertiary/aromatic N) is 1. The topological polar surface area (TPSA) is 51.2 Å². The van der Waals surface area contributed by atoms with Crippen molar-refractivity contribution < 1.29 is 9.53 Å². The molecule has 0 saturated carbocycles. The fourth-order valence-electron chi connectivity index (χ4n) is 1.49. The van der Waals surface area contributed by atoms with Gasteiger partial charge in [0.1, 0.15) is 10.8 Å². The summed E-state index contributed by atoms with van der Waals surface area (Å²) in [5.74, 6) is 0.781. The molecule has 0 atom stereocenters. The third kappa shape index (κ3) is 3.07. The van der Waals surface area contributed by atoms with Crippen molar-refractivity contribution in [1.82, 2.24) is 10.3 Å². The highest BCUT2D eigenvalue weighted by atomic mass is 32.1. The second-order valence-corrected chi connectivity index (χ2v) is 4.71. The van der Waals surface area contributed by atoms with Crippen molar-refractivity contribution in [2.75, 3.05) is 7.11 Å². The van der Waals surface area contributed by atoms with Crippen molar-refractivity contribution in [2.45, 2.75) is 13.5 Å². The Kier molecular flexibility index (Phi) is 3.94. The van der Waals surface area contributed by atoms with Crippen molar-refractivity contribution in [3.05, 3.63) is 34.7 Å². The molecule has 0 aliphatic carbocycles. The quantitative estimate of drug-likeness (QED) is 0.920. The minimum atomic E-state index is -0.0452. The summed E-state index contributed by atoms with van der Waals surface area (Å²) in [5.41, 5.74) is 1.96. The van der Waals surface area contributed by atoms with E-state index >= 15 is 0 Å². The number of methoxy groups -OCH3 is 1. The number of hydrogen-bond acceptors (Lipinski definition) is 4. The van der Waals surface area contributed by atoms with Crippen LogP contribution < -0.4 is 10.1 Å². The van der Waals surface area contributed by atoms with Gasteiger partial charge in [0.15, 0.2) is 0 Å². The third-order valence-electron chi connectivity index (χ3n) is 2.43. The van der Waals surface area contributed by atoms with Crippen LogP contribution in [-0.4, -0.2) is 18.0 Å². The van der Waals surface area contributed by atoms with E-state index in [0.717, 1.165) is 22.0 Å². The molecular formula is C13H14N2O2S. The Morgan fingerprint density at radius 2 is 2.11 bits per heavy atom. The lowest BCUT2D eigenvalue weighted by atomic mass is 10.2. The first kappa shape index (κ1) is 12.6. The molecule has 0 unspecified atom stereocenters. The van der Waals surface area contributed by atoms with Gasteiger partial charge in [-0.05, 0) is 24.3 Å². The van der Waals surface area contributed by atoms with Crippen LogP contribution in [0.2, 0.25) is 0 Å². The standard InChI is InChI=1S/C13H14N2O2S/c1-9(16)14-7-13-15-12(8-18-13)10-3-5-11(17-2)6-4-10/h3-6,8H,7H2,1-2H3,(H,14,16). The summed E-state index contributed by atoms with van der Waals surface area (Å²) in [6.07, 6.45) is 0. The van der Waals surface area contributed by atoms with Crippen LogP contribution in [0.25, 0.3) is 11.3 Å². The van der Waals surface area contributed by atoms with Crippen molar-refractivity contribution in [1.29, 1.82) is 0 Å². The second kappa shape index (κ2) is 5.64. The summed E-state index contributed by atoms with van der Waals surface area (Å²) in [4.78, 5) is 15.3. The van der Waals surface area contributed by atoms with E-state index in [2.05, 4.69) is 10.3 Å². The number of aromatic nitrogens is 1. The van der Waals surface area contributed by atoms with Crippen LogP contribution in [0.3, 0.4) is 0 Å². The molecule has 5 heteroatoms. The molecule has 0 bridgehead atoms. The molecule has 1 aromatic carbocycles. The zero-order valence-electron chi connectivity index (χ0n) is 10.3. The maximum absolute atomic E-state index is 10.8. The Morgan fingerprint density at radius 3 is 2.72 bits per heavy atom. The zero-order chi connectivity index (χ0) is 13.0. The normalized spacial score (nSPS) is 10.1. The fraction of sp³-hybridized carbons (Fsp3) is 0.231. The van der Waals surface area contributed by atoms with Gasteiger partial charge in [-0.3, -0.25) is 4.79 Å². The molecule has 0 radical (unpaired) electrons. The van der Waals surface area contributed by atoms with Crippen LogP contribution in [0.5, 0.6) is 5.75 Å². The molecule has 1 amide bonds. The molecule has 2 aromatic rings. The van der Waals surface area contributed by atoms with Crippen LogP contribution in [0.4, 0.5) is 0 Å². The average molecular weight is 262 g/mol. The number of thiazole rings is 1. The number of carbonyl (C=O) groups is 1. The van der Waals surface area contributed by atoms with Gasteiger partial charge in [0, 0.05) is 17.9 Å². The smallest absolute Gasteiger partial charge is 0.217 e. The highest BCUT2D eigenvalue weighted by molar-refractivity contribution is 7.09. The van der Waals surface area contributed by atoms with Gasteiger partial charge in [0.05, 0.1) is 19.3 Å². The van der Waals surface area contributed by atoms with Gasteiger partial charge in [0.25, 0.3) is 0 Å². The number of ether oxygens (including phenoxy) is 1. The van der Waals surface area contributed by atoms with Crippen LogP contribution in [0.1, 0.15) is 11.9 Å². The molecule has 0 aliphatic rings. The minimum Gasteiger partial charge on any atom is -0.497 e. The molecule has 1 heterocycles. The molecule has 0 saturated heterocycles. The molecule has 0 spiro atoms. The van der Waals surface area contributed by atoms with E-state index in [4.69, 9.17) is 4.74 Å². The molecule has 2 rings (SSSR count). The molecule has 1 N–H and O–H groups in total. The van der Waals surface area contributed by atoms with Gasteiger partial charge in [-0.25, -0.2) is 4.98 Å². The summed E-state index contributed by atoms with van der Waals surface area (Å²) >= 11 is 1.54. The maximum atomic E-state index is 10.8. The van der Waals surface area contributed by atoms with Crippen LogP contribution in [0.15, 0.2) is 29.6 Å². The lowest BCUT2D eigenvalue weighted by Gasteiger charge is -2.00. The molecular weight excluding hydrogens is 248 g/mol. The maximum Gasteiger partial charge on any atom is 0.217 e. The van der Waals surface area contributed by atoms with E-state index in [-0.39, 0.29) is 5.91 Å². The van der Waals surface area contributed by atoms with E-state index in [1.807, 2.05) is 29.6 Å². The van der Waals surface area contributed by atoms with Crippen molar-refractivity contribution in [3.8, 4) is 17.0 Å². The molecule has 4 nitrogen and oxygen atoms in total. The Hall–Kier alpha value is -1.88. The molecule has 0 fully saturated rings. The minimum absolute atomic E-state index is 0.0452. The monoisotopic (exact) mass is 262 g/mol. The van der Waals surface area contributed by atoms with Crippen LogP contribution in [-0.2, 0) is 11.3 Å². The second-order valence-electron chi connectivity index (χ2n) is 3.76. The Labute approximate surface area is 110 Å². The molecule has 1 aromatic heterocycles. The summed E-state index contributed by atoms with van der Waals surface area (Å²) in [5, 5.41) is 5.62. The highest BCUT2D eigenvalue weighted by Crippen LogP contribution is 2.23. The van der Waals surface area contributed by atoms with Gasteiger partial charge in [-0.2, -0.15) is 0 Å². The largest absolute Gasteiger partial charge is 0.497 e. The number of amides is 1. The zero-order valence-corrected chi connectivity index (χ0v) is 11.1. The predicted molar refractivity (Wildman–Crippen MR) is 71.6 cm³/mol. The Balaban J connectivity index is 2.10. The molecule has 94 valence electrons. The van der Waals surface area contributed by atoms with Gasteiger partial charge in [0.2, 0.25) is 5.91 Å². The lowest BCUT2D eigenvalue weighted by molar-refractivity contribution is -0.119. The van der Waals surface area contributed by atoms with E-state index in [0.29, 0.717) is 6.54 Å². The van der Waals surface area contributed by atoms with E-state index in [1.165, 1.54) is 18.3 Å². The number of rotatable bonds is 4. The molecule has 0 aliphatic heterocycles. The summed E-state index contributed by atoms with van der Waals surface area (Å²) in [6.45, 7) is 1.98. The van der Waals surface area contributed by atoms with E-state index in [9.17, 15) is 4.79 Å². The Morgan fingerprint density at radius 1 is 1.39 bits per heavy atom. The average Bonchev–Trinajstić information content (AvgIpc) is 2.85. The van der Waals surface area contributed by atoms with E-state index in [1.54, 1.807) is 7.11 Å². The summed E-state index contributed by atoms with van der Waals surface area (Å²) in [6, 6.07) is 7.75. The highest BCUT2D eigenvalue weighted by Gasteiger charge is 2.05. The SMILES string of the molecule is COc1ccc(-c2csc(CNC(C)=O)n2)cc1. The number of hydrogen-bond donors (Lipinski definition) is 1. The van der Waals surface area contributed by atoms with Crippen LogP contribution in [0, 0.1) is 0 Å². The van der Waals surface area contributed by atoms with Crippen LogP contribution >= 0.6 is 11.3 Å². The number of carbonyl (C=O) groups excluding carboxylic acids is 1.